The Morgan fingerprint density at radius 2 is 0.527 bits per heavy atom. The lowest BCUT2D eigenvalue weighted by Gasteiger charge is -2.18. The molecule has 0 radical (unpaired) electrons. The Morgan fingerprint density at radius 1 is 0.284 bits per heavy atom. The van der Waals surface area contributed by atoms with Crippen LogP contribution in [0.2, 0.25) is 0 Å². The average Bonchev–Trinajstić information content (AvgIpc) is 3.40. The van der Waals surface area contributed by atoms with E-state index in [9.17, 15) is 14.4 Å². The highest BCUT2D eigenvalue weighted by Gasteiger charge is 2.19. The van der Waals surface area contributed by atoms with Crippen LogP contribution >= 0.6 is 0 Å². The van der Waals surface area contributed by atoms with Crippen molar-refractivity contribution in [3.8, 4) is 0 Å². The zero-order chi connectivity index (χ0) is 53.6. The fourth-order valence-electron chi connectivity index (χ4n) is 9.21. The molecule has 0 fully saturated rings. The summed E-state index contributed by atoms with van der Waals surface area (Å²) in [6.45, 7) is 6.48. The lowest BCUT2D eigenvalue weighted by molar-refractivity contribution is -0.167. The first kappa shape index (κ1) is 70.8. The zero-order valence-corrected chi connectivity index (χ0v) is 49.1. The number of allylic oxidation sites excluding steroid dienone is 12. The number of esters is 3. The molecule has 74 heavy (non-hydrogen) atoms. The van der Waals surface area contributed by atoms with E-state index in [1.807, 2.05) is 0 Å². The molecule has 0 aromatic carbocycles. The highest BCUT2D eigenvalue weighted by molar-refractivity contribution is 5.71. The molecule has 0 saturated heterocycles. The first-order chi connectivity index (χ1) is 36.5. The van der Waals surface area contributed by atoms with Gasteiger partial charge in [0.2, 0.25) is 0 Å². The molecule has 0 aromatic heterocycles. The minimum absolute atomic E-state index is 0.0698. The summed E-state index contributed by atoms with van der Waals surface area (Å²) in [5, 5.41) is 0. The SMILES string of the molecule is CC/C=C\C/C=C\C/C=C\C/C=C\C/C=C\C/C=C\CCCCCCCCCCCCCCCCCCC(=O)OCC(COC(=O)CCCCCCC)OC(=O)CCCCCCCCCCCCCCCCCC. The number of unbranched alkanes of at least 4 members (excludes halogenated alkanes) is 35. The molecule has 0 aliphatic carbocycles. The van der Waals surface area contributed by atoms with Gasteiger partial charge in [-0.1, -0.05) is 306 Å². The number of hydrogen-bond acceptors (Lipinski definition) is 6. The summed E-state index contributed by atoms with van der Waals surface area (Å²) >= 11 is 0. The molecule has 6 heteroatoms. The van der Waals surface area contributed by atoms with Gasteiger partial charge in [0.1, 0.15) is 13.2 Å². The standard InChI is InChI=1S/C68H120O6/c1-4-7-10-13-15-17-19-21-23-25-26-27-28-29-30-31-32-33-34-35-36-37-38-39-40-41-42-43-45-46-48-50-52-55-58-61-67(70)73-64-65(63-72-66(69)60-57-54-12-9-6-3)74-68(71)62-59-56-53-51-49-47-44-24-22-20-18-16-14-11-8-5-2/h7,10,15,17,21,23,26-27,29-30,32-33,65H,4-6,8-9,11-14,16,18-20,22,24-25,28,31,34-64H2,1-3H3/b10-7-,17-15-,23-21-,27-26-,30-29-,33-32-. The van der Waals surface area contributed by atoms with Crippen LogP contribution in [0.1, 0.15) is 323 Å². The van der Waals surface area contributed by atoms with Gasteiger partial charge < -0.3 is 14.2 Å². The van der Waals surface area contributed by atoms with Crippen molar-refractivity contribution in [1.82, 2.24) is 0 Å². The quantitative estimate of drug-likeness (QED) is 0.0261. The Morgan fingerprint density at radius 3 is 0.824 bits per heavy atom. The maximum atomic E-state index is 12.8. The first-order valence-electron chi connectivity index (χ1n) is 31.9. The molecule has 0 N–H and O–H groups in total. The van der Waals surface area contributed by atoms with E-state index >= 15 is 0 Å². The third kappa shape index (κ3) is 59.7. The molecular formula is C68H120O6. The van der Waals surface area contributed by atoms with E-state index in [0.717, 1.165) is 103 Å². The van der Waals surface area contributed by atoms with Crippen LogP contribution in [-0.2, 0) is 28.6 Å². The Balaban J connectivity index is 3.92. The summed E-state index contributed by atoms with van der Waals surface area (Å²) in [5.74, 6) is -0.868. The number of rotatable bonds is 58. The van der Waals surface area contributed by atoms with Gasteiger partial charge in [0, 0.05) is 19.3 Å². The lowest BCUT2D eigenvalue weighted by Crippen LogP contribution is -2.30. The van der Waals surface area contributed by atoms with E-state index in [4.69, 9.17) is 14.2 Å². The minimum Gasteiger partial charge on any atom is -0.462 e. The van der Waals surface area contributed by atoms with E-state index in [2.05, 4.69) is 93.7 Å². The summed E-state index contributed by atoms with van der Waals surface area (Å²) in [5.41, 5.74) is 0. The van der Waals surface area contributed by atoms with Crippen molar-refractivity contribution in [2.24, 2.45) is 0 Å². The number of carbonyl (C=O) groups is 3. The number of hydrogen-bond donors (Lipinski definition) is 0. The predicted octanol–water partition coefficient (Wildman–Crippen LogP) is 21.7. The van der Waals surface area contributed by atoms with E-state index in [1.165, 1.54) is 180 Å². The molecule has 0 bridgehead atoms. The van der Waals surface area contributed by atoms with Crippen molar-refractivity contribution in [3.05, 3.63) is 72.9 Å². The number of ether oxygens (including phenoxy) is 3. The monoisotopic (exact) mass is 1030 g/mol. The maximum Gasteiger partial charge on any atom is 0.306 e. The third-order valence-electron chi connectivity index (χ3n) is 14.0. The van der Waals surface area contributed by atoms with Gasteiger partial charge in [-0.2, -0.15) is 0 Å². The fraction of sp³-hybridized carbons (Fsp3) is 0.779. The van der Waals surface area contributed by atoms with Crippen molar-refractivity contribution < 1.29 is 28.6 Å². The zero-order valence-electron chi connectivity index (χ0n) is 49.1. The fourth-order valence-corrected chi connectivity index (χ4v) is 9.21. The molecule has 0 aliphatic rings. The molecule has 6 nitrogen and oxygen atoms in total. The van der Waals surface area contributed by atoms with Crippen LogP contribution in [0.3, 0.4) is 0 Å². The summed E-state index contributed by atoms with van der Waals surface area (Å²) < 4.78 is 16.8. The molecule has 0 spiro atoms. The molecule has 0 amide bonds. The van der Waals surface area contributed by atoms with Gasteiger partial charge in [-0.15, -0.1) is 0 Å². The predicted molar refractivity (Wildman–Crippen MR) is 321 cm³/mol. The van der Waals surface area contributed by atoms with Gasteiger partial charge in [-0.05, 0) is 70.6 Å². The van der Waals surface area contributed by atoms with Crippen LogP contribution in [0.5, 0.6) is 0 Å². The highest BCUT2D eigenvalue weighted by Crippen LogP contribution is 2.17. The molecule has 0 aliphatic heterocycles. The van der Waals surface area contributed by atoms with Crippen LogP contribution in [0, 0.1) is 0 Å². The smallest absolute Gasteiger partial charge is 0.306 e. The second kappa shape index (κ2) is 62.4. The van der Waals surface area contributed by atoms with E-state index in [1.54, 1.807) is 0 Å². The van der Waals surface area contributed by atoms with Crippen molar-refractivity contribution in [3.63, 3.8) is 0 Å². The minimum atomic E-state index is -0.767. The Bertz CT molecular complexity index is 1370. The largest absolute Gasteiger partial charge is 0.462 e. The van der Waals surface area contributed by atoms with Crippen LogP contribution in [0.25, 0.3) is 0 Å². The van der Waals surface area contributed by atoms with E-state index < -0.39 is 6.10 Å². The van der Waals surface area contributed by atoms with Gasteiger partial charge >= 0.3 is 17.9 Å². The normalized spacial score (nSPS) is 12.5. The Hall–Kier alpha value is -3.15. The van der Waals surface area contributed by atoms with Crippen LogP contribution in [-0.4, -0.2) is 37.2 Å². The molecule has 428 valence electrons. The van der Waals surface area contributed by atoms with Crippen molar-refractivity contribution in [2.75, 3.05) is 13.2 Å². The Labute approximate surface area is 459 Å². The summed E-state index contributed by atoms with van der Waals surface area (Å²) in [6.07, 6.45) is 81.1. The molecule has 0 aromatic rings. The van der Waals surface area contributed by atoms with Gasteiger partial charge in [0.05, 0.1) is 0 Å². The molecule has 0 saturated carbocycles. The van der Waals surface area contributed by atoms with Gasteiger partial charge in [0.15, 0.2) is 6.10 Å². The van der Waals surface area contributed by atoms with Crippen molar-refractivity contribution in [1.29, 1.82) is 0 Å². The first-order valence-corrected chi connectivity index (χ1v) is 31.9. The molecule has 0 rings (SSSR count). The Kier molecular flexibility index (Phi) is 59.7. The lowest BCUT2D eigenvalue weighted by atomic mass is 10.0. The second-order valence-corrected chi connectivity index (χ2v) is 21.3. The van der Waals surface area contributed by atoms with E-state index in [0.29, 0.717) is 19.3 Å². The molecular weight excluding hydrogens is 913 g/mol. The summed E-state index contributed by atoms with van der Waals surface area (Å²) in [6, 6.07) is 0. The molecule has 1 unspecified atom stereocenters. The van der Waals surface area contributed by atoms with Gasteiger partial charge in [0.25, 0.3) is 0 Å². The highest BCUT2D eigenvalue weighted by atomic mass is 16.6. The third-order valence-corrected chi connectivity index (χ3v) is 14.0. The molecule has 1 atom stereocenters. The van der Waals surface area contributed by atoms with Crippen molar-refractivity contribution in [2.45, 2.75) is 329 Å². The van der Waals surface area contributed by atoms with Crippen LogP contribution in [0.4, 0.5) is 0 Å². The number of carbonyl (C=O) groups excluding carboxylic acids is 3. The maximum absolute atomic E-state index is 12.8. The summed E-state index contributed by atoms with van der Waals surface area (Å²) in [4.78, 5) is 37.9. The van der Waals surface area contributed by atoms with Crippen molar-refractivity contribution >= 4 is 17.9 Å². The summed E-state index contributed by atoms with van der Waals surface area (Å²) in [7, 11) is 0. The average molecular weight is 1030 g/mol. The van der Waals surface area contributed by atoms with Crippen LogP contribution in [0.15, 0.2) is 72.9 Å². The topological polar surface area (TPSA) is 78.9 Å². The molecule has 0 heterocycles. The van der Waals surface area contributed by atoms with Crippen LogP contribution < -0.4 is 0 Å². The van der Waals surface area contributed by atoms with Gasteiger partial charge in [-0.3, -0.25) is 14.4 Å². The second-order valence-electron chi connectivity index (χ2n) is 21.3. The van der Waals surface area contributed by atoms with E-state index in [-0.39, 0.29) is 31.1 Å². The van der Waals surface area contributed by atoms with Gasteiger partial charge in [-0.25, -0.2) is 0 Å².